The quantitative estimate of drug-likeness (QED) is 0.732. The lowest BCUT2D eigenvalue weighted by Crippen LogP contribution is -2.35. The highest BCUT2D eigenvalue weighted by Gasteiger charge is 2.14. The van der Waals surface area contributed by atoms with Gasteiger partial charge >= 0.3 is 0 Å². The summed E-state index contributed by atoms with van der Waals surface area (Å²) in [6, 6.07) is 4.31. The second-order valence-corrected chi connectivity index (χ2v) is 4.82. The summed E-state index contributed by atoms with van der Waals surface area (Å²) in [5.74, 6) is -0.240. The summed E-state index contributed by atoms with van der Waals surface area (Å²) in [6.07, 6.45) is 2.57. The van der Waals surface area contributed by atoms with E-state index in [2.05, 4.69) is 21.2 Å². The lowest BCUT2D eigenvalue weighted by Gasteiger charge is -2.12. The minimum atomic E-state index is -0.534. The van der Waals surface area contributed by atoms with Crippen molar-refractivity contribution in [3.63, 3.8) is 0 Å². The number of aromatic hydroxyl groups is 1. The van der Waals surface area contributed by atoms with E-state index in [9.17, 15) is 9.90 Å². The van der Waals surface area contributed by atoms with Crippen molar-refractivity contribution in [2.24, 2.45) is 5.73 Å². The van der Waals surface area contributed by atoms with E-state index in [-0.39, 0.29) is 11.7 Å². The number of hydrogen-bond acceptors (Lipinski definition) is 3. The first-order valence-electron chi connectivity index (χ1n) is 5.59. The second kappa shape index (κ2) is 6.61. The predicted molar refractivity (Wildman–Crippen MR) is 71.9 cm³/mol. The van der Waals surface area contributed by atoms with Gasteiger partial charge in [-0.2, -0.15) is 0 Å². The van der Waals surface area contributed by atoms with Gasteiger partial charge in [-0.3, -0.25) is 4.79 Å². The monoisotopic (exact) mass is 300 g/mol. The molecule has 0 spiro atoms. The average Bonchev–Trinajstić information content (AvgIpc) is 2.30. The number of nitrogens with two attached hydrogens (primary N) is 1. The van der Waals surface area contributed by atoms with Crippen molar-refractivity contribution in [1.82, 2.24) is 0 Å². The van der Waals surface area contributed by atoms with Gasteiger partial charge in [0.2, 0.25) is 5.91 Å². The SMILES string of the molecule is CCCCC(N)C(=O)Nc1cc(Br)ccc1O. The molecule has 0 bridgehead atoms. The largest absolute Gasteiger partial charge is 0.506 e. The number of unbranched alkanes of at least 4 members (excludes halogenated alkanes) is 1. The van der Waals surface area contributed by atoms with Gasteiger partial charge in [0.25, 0.3) is 0 Å². The molecule has 4 nitrogen and oxygen atoms in total. The molecule has 17 heavy (non-hydrogen) atoms. The maximum Gasteiger partial charge on any atom is 0.241 e. The highest BCUT2D eigenvalue weighted by atomic mass is 79.9. The highest BCUT2D eigenvalue weighted by Crippen LogP contribution is 2.26. The molecular formula is C12H17BrN2O2. The predicted octanol–water partition coefficient (Wildman–Crippen LogP) is 2.61. The van der Waals surface area contributed by atoms with Crippen molar-refractivity contribution in [2.75, 3.05) is 5.32 Å². The van der Waals surface area contributed by atoms with Gasteiger partial charge in [0.1, 0.15) is 5.75 Å². The Morgan fingerprint density at radius 3 is 2.94 bits per heavy atom. The Kier molecular flexibility index (Phi) is 5.44. The third-order valence-electron chi connectivity index (χ3n) is 2.42. The molecule has 0 aliphatic heterocycles. The number of amides is 1. The van der Waals surface area contributed by atoms with Crippen LogP contribution in [0.25, 0.3) is 0 Å². The van der Waals surface area contributed by atoms with Gasteiger partial charge in [0, 0.05) is 4.47 Å². The Labute approximate surface area is 109 Å². The molecule has 0 saturated carbocycles. The smallest absolute Gasteiger partial charge is 0.241 e. The van der Waals surface area contributed by atoms with Crippen molar-refractivity contribution in [2.45, 2.75) is 32.2 Å². The Morgan fingerprint density at radius 1 is 1.59 bits per heavy atom. The third-order valence-corrected chi connectivity index (χ3v) is 2.92. The Balaban J connectivity index is 2.64. The lowest BCUT2D eigenvalue weighted by molar-refractivity contribution is -0.117. The number of anilines is 1. The number of phenols is 1. The number of rotatable bonds is 5. The second-order valence-electron chi connectivity index (χ2n) is 3.90. The minimum Gasteiger partial charge on any atom is -0.506 e. The summed E-state index contributed by atoms with van der Waals surface area (Å²) in [6.45, 7) is 2.05. The molecule has 1 unspecified atom stereocenters. The number of benzene rings is 1. The molecular weight excluding hydrogens is 284 g/mol. The van der Waals surface area contributed by atoms with E-state index < -0.39 is 6.04 Å². The zero-order valence-electron chi connectivity index (χ0n) is 9.74. The highest BCUT2D eigenvalue weighted by molar-refractivity contribution is 9.10. The van der Waals surface area contributed by atoms with Crippen LogP contribution in [0.15, 0.2) is 22.7 Å². The van der Waals surface area contributed by atoms with E-state index in [1.165, 1.54) is 6.07 Å². The molecule has 1 rings (SSSR count). The van der Waals surface area contributed by atoms with Gasteiger partial charge in [-0.05, 0) is 24.6 Å². The molecule has 0 saturated heterocycles. The van der Waals surface area contributed by atoms with Gasteiger partial charge in [0.15, 0.2) is 0 Å². The summed E-state index contributed by atoms with van der Waals surface area (Å²) >= 11 is 3.27. The fourth-order valence-electron chi connectivity index (χ4n) is 1.39. The Hall–Kier alpha value is -1.07. The van der Waals surface area contributed by atoms with Crippen molar-refractivity contribution < 1.29 is 9.90 Å². The fraction of sp³-hybridized carbons (Fsp3) is 0.417. The van der Waals surface area contributed by atoms with E-state index in [4.69, 9.17) is 5.73 Å². The van der Waals surface area contributed by atoms with E-state index in [0.29, 0.717) is 12.1 Å². The van der Waals surface area contributed by atoms with Gasteiger partial charge in [-0.1, -0.05) is 35.7 Å². The van der Waals surface area contributed by atoms with Gasteiger partial charge in [0.05, 0.1) is 11.7 Å². The van der Waals surface area contributed by atoms with Crippen LogP contribution < -0.4 is 11.1 Å². The van der Waals surface area contributed by atoms with Crippen molar-refractivity contribution in [1.29, 1.82) is 0 Å². The Morgan fingerprint density at radius 2 is 2.29 bits per heavy atom. The van der Waals surface area contributed by atoms with Gasteiger partial charge in [-0.25, -0.2) is 0 Å². The molecule has 1 atom stereocenters. The van der Waals surface area contributed by atoms with Crippen LogP contribution in [-0.4, -0.2) is 17.1 Å². The van der Waals surface area contributed by atoms with Crippen LogP contribution in [0.4, 0.5) is 5.69 Å². The number of halogens is 1. The van der Waals surface area contributed by atoms with Crippen LogP contribution in [0.5, 0.6) is 5.75 Å². The zero-order valence-corrected chi connectivity index (χ0v) is 11.3. The van der Waals surface area contributed by atoms with Crippen LogP contribution in [0, 0.1) is 0 Å². The number of carbonyl (C=O) groups excluding carboxylic acids is 1. The summed E-state index contributed by atoms with van der Waals surface area (Å²) in [5, 5.41) is 12.2. The molecule has 0 heterocycles. The molecule has 0 radical (unpaired) electrons. The van der Waals surface area contributed by atoms with E-state index in [0.717, 1.165) is 17.3 Å². The van der Waals surface area contributed by atoms with Gasteiger partial charge < -0.3 is 16.2 Å². The van der Waals surface area contributed by atoms with E-state index in [1.807, 2.05) is 6.92 Å². The lowest BCUT2D eigenvalue weighted by atomic mass is 10.1. The molecule has 94 valence electrons. The summed E-state index contributed by atoms with van der Waals surface area (Å²) < 4.78 is 0.785. The topological polar surface area (TPSA) is 75.4 Å². The van der Waals surface area contributed by atoms with Crippen molar-refractivity contribution >= 4 is 27.5 Å². The first-order valence-corrected chi connectivity index (χ1v) is 6.39. The number of hydrogen-bond donors (Lipinski definition) is 3. The van der Waals surface area contributed by atoms with Crippen LogP contribution in [0.2, 0.25) is 0 Å². The number of carbonyl (C=O) groups is 1. The molecule has 1 aromatic rings. The van der Waals surface area contributed by atoms with Crippen LogP contribution in [0.1, 0.15) is 26.2 Å². The molecule has 0 fully saturated rings. The minimum absolute atomic E-state index is 0.0317. The van der Waals surface area contributed by atoms with Crippen molar-refractivity contribution in [3.05, 3.63) is 22.7 Å². The standard InChI is InChI=1S/C12H17BrN2O2/c1-2-3-4-9(14)12(17)15-10-7-8(13)5-6-11(10)16/h5-7,9,16H,2-4,14H2,1H3,(H,15,17). The first kappa shape index (κ1) is 14.0. The maximum atomic E-state index is 11.7. The van der Waals surface area contributed by atoms with Crippen LogP contribution >= 0.6 is 15.9 Å². The molecule has 1 amide bonds. The summed E-state index contributed by atoms with van der Waals surface area (Å²) in [5.41, 5.74) is 6.11. The van der Waals surface area contributed by atoms with E-state index >= 15 is 0 Å². The number of nitrogens with one attached hydrogen (secondary N) is 1. The number of phenolic OH excluding ortho intramolecular Hbond substituents is 1. The normalized spacial score (nSPS) is 12.2. The average molecular weight is 301 g/mol. The summed E-state index contributed by atoms with van der Waals surface area (Å²) in [7, 11) is 0. The van der Waals surface area contributed by atoms with Crippen LogP contribution in [0.3, 0.4) is 0 Å². The zero-order chi connectivity index (χ0) is 12.8. The molecule has 0 aromatic heterocycles. The van der Waals surface area contributed by atoms with Crippen LogP contribution in [-0.2, 0) is 4.79 Å². The van der Waals surface area contributed by atoms with Gasteiger partial charge in [-0.15, -0.1) is 0 Å². The molecule has 4 N–H and O–H groups in total. The fourth-order valence-corrected chi connectivity index (χ4v) is 1.75. The molecule has 0 aliphatic rings. The Bertz CT molecular complexity index is 396. The maximum absolute atomic E-state index is 11.7. The molecule has 5 heteroatoms. The summed E-state index contributed by atoms with van der Waals surface area (Å²) in [4.78, 5) is 11.7. The molecule has 1 aromatic carbocycles. The van der Waals surface area contributed by atoms with E-state index in [1.54, 1.807) is 12.1 Å². The third kappa shape index (κ3) is 4.36. The van der Waals surface area contributed by atoms with Crippen molar-refractivity contribution in [3.8, 4) is 5.75 Å². The first-order chi connectivity index (χ1) is 8.04. The molecule has 0 aliphatic carbocycles.